The molecule has 2 atom stereocenters. The van der Waals surface area contributed by atoms with E-state index < -0.39 is 29.4 Å². The first-order chi connectivity index (χ1) is 11.6. The number of alkyl halides is 1. The molecule has 0 aromatic carbocycles. The number of likely N-dealkylation sites (tertiary alicyclic amines) is 1. The molecule has 1 saturated heterocycles. The molecule has 0 unspecified atom stereocenters. The summed E-state index contributed by atoms with van der Waals surface area (Å²) in [6, 6.07) is -1.07. The van der Waals surface area contributed by atoms with Crippen molar-refractivity contribution in [2.24, 2.45) is 5.11 Å². The highest BCUT2D eigenvalue weighted by Crippen LogP contribution is 2.33. The van der Waals surface area contributed by atoms with Gasteiger partial charge in [0.1, 0.15) is 11.6 Å². The number of halogens is 1. The zero-order valence-electron chi connectivity index (χ0n) is 15.0. The quantitative estimate of drug-likeness (QED) is 0.228. The summed E-state index contributed by atoms with van der Waals surface area (Å²) in [5.41, 5.74) is 5.50. The van der Waals surface area contributed by atoms with Crippen molar-refractivity contribution < 1.29 is 28.2 Å². The Bertz CT molecular complexity index is 533. The molecule has 1 heterocycles. The average molecular weight is 360 g/mol. The first-order valence-corrected chi connectivity index (χ1v) is 8.05. The summed E-state index contributed by atoms with van der Waals surface area (Å²) in [7, 11) is 0. The molecule has 0 saturated carbocycles. The molecule has 10 heteroatoms. The number of rotatable bonds is 7. The average Bonchev–Trinajstić information content (AvgIpc) is 2.84. The monoisotopic (exact) mass is 360 g/mol. The van der Waals surface area contributed by atoms with Gasteiger partial charge in [-0.2, -0.15) is 0 Å². The number of hydrogen-bond acceptors (Lipinski definition) is 6. The predicted octanol–water partition coefficient (Wildman–Crippen LogP) is 2.59. The van der Waals surface area contributed by atoms with Gasteiger partial charge in [0.25, 0.3) is 0 Å². The van der Waals surface area contributed by atoms with Crippen LogP contribution in [-0.4, -0.2) is 67.2 Å². The number of ether oxygens (including phenoxy) is 3. The Labute approximate surface area is 146 Å². The third-order valence-electron chi connectivity index (χ3n) is 3.34. The zero-order chi connectivity index (χ0) is 19.1. The Hall–Kier alpha value is -2.06. The van der Waals surface area contributed by atoms with Crippen LogP contribution in [0.1, 0.15) is 34.1 Å². The minimum Gasteiger partial charge on any atom is -0.464 e. The van der Waals surface area contributed by atoms with E-state index in [-0.39, 0.29) is 39.3 Å². The predicted molar refractivity (Wildman–Crippen MR) is 86.6 cm³/mol. The van der Waals surface area contributed by atoms with Gasteiger partial charge in [0.05, 0.1) is 26.4 Å². The third kappa shape index (κ3) is 6.75. The van der Waals surface area contributed by atoms with Gasteiger partial charge in [-0.3, -0.25) is 4.90 Å². The van der Waals surface area contributed by atoms with Crippen LogP contribution in [0.25, 0.3) is 10.4 Å². The highest BCUT2D eigenvalue weighted by molar-refractivity contribution is 5.82. The van der Waals surface area contributed by atoms with Crippen LogP contribution in [0.4, 0.5) is 9.18 Å². The van der Waals surface area contributed by atoms with Crippen molar-refractivity contribution >= 4 is 12.1 Å². The van der Waals surface area contributed by atoms with Gasteiger partial charge < -0.3 is 14.2 Å². The molecule has 0 bridgehead atoms. The molecular formula is C15H25FN4O5. The maximum absolute atomic E-state index is 15.0. The molecule has 1 rings (SSSR count). The Balaban J connectivity index is 2.79. The van der Waals surface area contributed by atoms with E-state index in [2.05, 4.69) is 10.0 Å². The minimum atomic E-state index is -1.91. The number of carbonyl (C=O) groups excluding carboxylic acids is 2. The highest BCUT2D eigenvalue weighted by Gasteiger charge is 2.51. The lowest BCUT2D eigenvalue weighted by Gasteiger charge is -2.27. The summed E-state index contributed by atoms with van der Waals surface area (Å²) in [6.07, 6.45) is -1.02. The van der Waals surface area contributed by atoms with Crippen LogP contribution < -0.4 is 0 Å². The molecule has 1 aliphatic heterocycles. The Morgan fingerprint density at radius 3 is 2.68 bits per heavy atom. The minimum absolute atomic E-state index is 0.0479. The van der Waals surface area contributed by atoms with E-state index in [4.69, 9.17) is 19.7 Å². The molecule has 142 valence electrons. The van der Waals surface area contributed by atoms with Crippen molar-refractivity contribution in [3.05, 3.63) is 10.4 Å². The largest absolute Gasteiger partial charge is 0.464 e. The third-order valence-corrected chi connectivity index (χ3v) is 3.34. The normalized spacial score (nSPS) is 23.1. The molecule has 0 radical (unpaired) electrons. The number of hydrogen-bond donors (Lipinski definition) is 0. The number of nitrogens with zero attached hydrogens (tertiary/aromatic N) is 4. The fourth-order valence-corrected chi connectivity index (χ4v) is 2.41. The summed E-state index contributed by atoms with van der Waals surface area (Å²) >= 11 is 0. The van der Waals surface area contributed by atoms with Crippen LogP contribution in [0.5, 0.6) is 0 Å². The van der Waals surface area contributed by atoms with Crippen molar-refractivity contribution in [2.45, 2.75) is 51.4 Å². The molecular weight excluding hydrogens is 335 g/mol. The second kappa shape index (κ2) is 8.87. The fourth-order valence-electron chi connectivity index (χ4n) is 2.41. The molecule has 1 fully saturated rings. The van der Waals surface area contributed by atoms with E-state index in [1.54, 1.807) is 27.7 Å². The molecule has 0 aromatic rings. The van der Waals surface area contributed by atoms with Crippen molar-refractivity contribution in [1.29, 1.82) is 0 Å². The van der Waals surface area contributed by atoms with Crippen molar-refractivity contribution in [3.63, 3.8) is 0 Å². The van der Waals surface area contributed by atoms with E-state index in [0.29, 0.717) is 0 Å². The van der Waals surface area contributed by atoms with Crippen LogP contribution in [-0.2, 0) is 19.0 Å². The molecule has 25 heavy (non-hydrogen) atoms. The first-order valence-electron chi connectivity index (χ1n) is 8.05. The molecule has 0 spiro atoms. The van der Waals surface area contributed by atoms with Crippen LogP contribution >= 0.6 is 0 Å². The van der Waals surface area contributed by atoms with Crippen molar-refractivity contribution in [2.75, 3.05) is 32.9 Å². The van der Waals surface area contributed by atoms with E-state index in [9.17, 15) is 9.59 Å². The Morgan fingerprint density at radius 1 is 1.44 bits per heavy atom. The van der Waals surface area contributed by atoms with Crippen LogP contribution in [0.2, 0.25) is 0 Å². The summed E-state index contributed by atoms with van der Waals surface area (Å²) in [4.78, 5) is 28.0. The maximum atomic E-state index is 15.0. The van der Waals surface area contributed by atoms with Gasteiger partial charge in [-0.15, -0.1) is 0 Å². The van der Waals surface area contributed by atoms with Gasteiger partial charge in [0, 0.05) is 17.9 Å². The lowest BCUT2D eigenvalue weighted by atomic mass is 10.0. The van der Waals surface area contributed by atoms with E-state index in [1.807, 2.05) is 0 Å². The topological polar surface area (TPSA) is 114 Å². The zero-order valence-corrected chi connectivity index (χ0v) is 15.0. The molecule has 0 aliphatic carbocycles. The summed E-state index contributed by atoms with van der Waals surface area (Å²) in [5, 5.41) is 3.28. The number of carbonyl (C=O) groups is 2. The second-order valence-electron chi connectivity index (χ2n) is 6.74. The molecule has 0 aromatic heterocycles. The lowest BCUT2D eigenvalue weighted by Crippen LogP contribution is -2.44. The highest BCUT2D eigenvalue weighted by atomic mass is 19.1. The SMILES string of the molecule is CCOC(=O)[C@@H]1C[C@](F)(COCCN=[N+]=[N-])CN1C(=O)OC(C)(C)C. The molecule has 1 amide bonds. The number of amides is 1. The van der Waals surface area contributed by atoms with Gasteiger partial charge in [0.15, 0.2) is 5.67 Å². The standard InChI is InChI=1S/C15H25FN4O5/c1-5-24-12(21)11-8-15(16,10-23-7-6-18-19-17)9-20(11)13(22)25-14(2,3)4/h11H,5-10H2,1-4H3/t11-,15+/m0/s1. The Morgan fingerprint density at radius 2 is 2.12 bits per heavy atom. The summed E-state index contributed by atoms with van der Waals surface area (Å²) in [6.45, 7) is 6.25. The van der Waals surface area contributed by atoms with Gasteiger partial charge >= 0.3 is 12.1 Å². The van der Waals surface area contributed by atoms with Crippen molar-refractivity contribution in [1.82, 2.24) is 4.90 Å². The maximum Gasteiger partial charge on any atom is 0.411 e. The van der Waals surface area contributed by atoms with Crippen LogP contribution in [0.15, 0.2) is 5.11 Å². The Kier molecular flexibility index (Phi) is 7.44. The lowest BCUT2D eigenvalue weighted by molar-refractivity contribution is -0.148. The van der Waals surface area contributed by atoms with Crippen LogP contribution in [0.3, 0.4) is 0 Å². The van der Waals surface area contributed by atoms with E-state index >= 15 is 4.39 Å². The van der Waals surface area contributed by atoms with E-state index in [1.165, 1.54) is 0 Å². The number of azide groups is 1. The molecule has 1 aliphatic rings. The van der Waals surface area contributed by atoms with Gasteiger partial charge in [0.2, 0.25) is 0 Å². The second-order valence-corrected chi connectivity index (χ2v) is 6.74. The van der Waals surface area contributed by atoms with Crippen molar-refractivity contribution in [3.8, 4) is 0 Å². The summed E-state index contributed by atoms with van der Waals surface area (Å²) in [5.74, 6) is -0.679. The first kappa shape index (κ1) is 21.0. The molecule has 9 nitrogen and oxygen atoms in total. The summed E-state index contributed by atoms with van der Waals surface area (Å²) < 4.78 is 30.4. The van der Waals surface area contributed by atoms with Gasteiger partial charge in [-0.1, -0.05) is 5.11 Å². The van der Waals surface area contributed by atoms with Gasteiger partial charge in [-0.05, 0) is 33.2 Å². The van der Waals surface area contributed by atoms with E-state index in [0.717, 1.165) is 4.90 Å². The molecule has 0 N–H and O–H groups in total. The number of esters is 1. The van der Waals surface area contributed by atoms with Crippen LogP contribution in [0, 0.1) is 0 Å². The van der Waals surface area contributed by atoms with Gasteiger partial charge in [-0.25, -0.2) is 14.0 Å². The smallest absolute Gasteiger partial charge is 0.411 e. The fraction of sp³-hybridized carbons (Fsp3) is 0.867.